The van der Waals surface area contributed by atoms with Crippen molar-refractivity contribution in [2.75, 3.05) is 0 Å². The Hall–Kier alpha value is -2.17. The van der Waals surface area contributed by atoms with E-state index in [-0.39, 0.29) is 11.8 Å². The molecule has 0 saturated heterocycles. The maximum Gasteiger partial charge on any atom is 0.417 e. The standard InChI is InChI=1S/C14H10F3NO/c1-9-2-3-11(7-18-9)10-4-5-12(8-19)13(6-10)14(15,16)17/h2-8H,1H3. The van der Waals surface area contributed by atoms with E-state index >= 15 is 0 Å². The molecule has 1 heterocycles. The third-order valence-electron chi connectivity index (χ3n) is 2.73. The molecule has 5 heteroatoms. The van der Waals surface area contributed by atoms with Crippen molar-refractivity contribution in [2.45, 2.75) is 13.1 Å². The van der Waals surface area contributed by atoms with Crippen molar-refractivity contribution in [3.8, 4) is 11.1 Å². The minimum absolute atomic E-state index is 0.208. The number of aldehydes is 1. The number of benzene rings is 1. The lowest BCUT2D eigenvalue weighted by atomic mass is 10.00. The first-order valence-electron chi connectivity index (χ1n) is 5.51. The molecule has 0 spiro atoms. The fourth-order valence-electron chi connectivity index (χ4n) is 1.72. The highest BCUT2D eigenvalue weighted by atomic mass is 19.4. The Bertz CT molecular complexity index is 603. The average Bonchev–Trinajstić information content (AvgIpc) is 2.38. The molecule has 0 radical (unpaired) electrons. The number of aryl methyl sites for hydroxylation is 1. The number of pyridine rings is 1. The van der Waals surface area contributed by atoms with E-state index in [1.807, 2.05) is 0 Å². The summed E-state index contributed by atoms with van der Waals surface area (Å²) in [5.74, 6) is 0. The first-order valence-corrected chi connectivity index (χ1v) is 5.51. The summed E-state index contributed by atoms with van der Waals surface area (Å²) in [5, 5.41) is 0. The Kier molecular flexibility index (Phi) is 3.38. The Morgan fingerprint density at radius 2 is 1.79 bits per heavy atom. The van der Waals surface area contributed by atoms with Gasteiger partial charge in [-0.15, -0.1) is 0 Å². The minimum atomic E-state index is -4.55. The SMILES string of the molecule is Cc1ccc(-c2ccc(C=O)c(C(F)(F)F)c2)cn1. The van der Waals surface area contributed by atoms with Crippen molar-refractivity contribution in [3.63, 3.8) is 0 Å². The number of hydrogen-bond donors (Lipinski definition) is 0. The lowest BCUT2D eigenvalue weighted by Gasteiger charge is -2.11. The molecule has 0 amide bonds. The first-order chi connectivity index (χ1) is 8.91. The van der Waals surface area contributed by atoms with Crippen LogP contribution in [0.4, 0.5) is 13.2 Å². The molecule has 0 saturated carbocycles. The van der Waals surface area contributed by atoms with Gasteiger partial charge in [0.25, 0.3) is 0 Å². The zero-order valence-corrected chi connectivity index (χ0v) is 10.0. The molecular formula is C14H10F3NO. The summed E-state index contributed by atoms with van der Waals surface area (Å²) in [6, 6.07) is 7.03. The van der Waals surface area contributed by atoms with Crippen molar-refractivity contribution in [1.29, 1.82) is 0 Å². The van der Waals surface area contributed by atoms with Crippen molar-refractivity contribution in [2.24, 2.45) is 0 Å². The Morgan fingerprint density at radius 3 is 2.32 bits per heavy atom. The molecule has 0 fully saturated rings. The Labute approximate surface area is 107 Å². The van der Waals surface area contributed by atoms with Crippen molar-refractivity contribution < 1.29 is 18.0 Å². The minimum Gasteiger partial charge on any atom is -0.298 e. The van der Waals surface area contributed by atoms with Gasteiger partial charge in [0.05, 0.1) is 5.56 Å². The lowest BCUT2D eigenvalue weighted by Crippen LogP contribution is -2.09. The van der Waals surface area contributed by atoms with Crippen LogP contribution < -0.4 is 0 Å². The van der Waals surface area contributed by atoms with Crippen LogP contribution in [0, 0.1) is 6.92 Å². The van der Waals surface area contributed by atoms with E-state index in [0.29, 0.717) is 11.1 Å². The lowest BCUT2D eigenvalue weighted by molar-refractivity contribution is -0.137. The largest absolute Gasteiger partial charge is 0.417 e. The second-order valence-corrected chi connectivity index (χ2v) is 4.11. The molecule has 98 valence electrons. The van der Waals surface area contributed by atoms with Crippen LogP contribution in [-0.2, 0) is 6.18 Å². The third kappa shape index (κ3) is 2.81. The number of halogens is 3. The molecule has 0 bridgehead atoms. The highest BCUT2D eigenvalue weighted by Gasteiger charge is 2.33. The van der Waals surface area contributed by atoms with Crippen LogP contribution in [-0.4, -0.2) is 11.3 Å². The van der Waals surface area contributed by atoms with E-state index in [1.54, 1.807) is 19.1 Å². The highest BCUT2D eigenvalue weighted by Crippen LogP contribution is 2.34. The topological polar surface area (TPSA) is 30.0 Å². The van der Waals surface area contributed by atoms with Crippen LogP contribution in [0.3, 0.4) is 0 Å². The Morgan fingerprint density at radius 1 is 1.11 bits per heavy atom. The number of nitrogens with zero attached hydrogens (tertiary/aromatic N) is 1. The molecule has 0 unspecified atom stereocenters. The van der Waals surface area contributed by atoms with E-state index < -0.39 is 11.7 Å². The van der Waals surface area contributed by atoms with Gasteiger partial charge in [0.15, 0.2) is 6.29 Å². The van der Waals surface area contributed by atoms with Crippen molar-refractivity contribution in [3.05, 3.63) is 53.3 Å². The molecule has 0 N–H and O–H groups in total. The number of rotatable bonds is 2. The predicted molar refractivity (Wildman–Crippen MR) is 64.8 cm³/mol. The van der Waals surface area contributed by atoms with Gasteiger partial charge < -0.3 is 0 Å². The molecule has 2 nitrogen and oxygen atoms in total. The summed E-state index contributed by atoms with van der Waals surface area (Å²) < 4.78 is 38.5. The molecule has 0 aliphatic carbocycles. The van der Waals surface area contributed by atoms with Gasteiger partial charge in [-0.2, -0.15) is 13.2 Å². The number of aromatic nitrogens is 1. The second kappa shape index (κ2) is 4.84. The van der Waals surface area contributed by atoms with Crippen LogP contribution in [0.25, 0.3) is 11.1 Å². The van der Waals surface area contributed by atoms with Crippen LogP contribution in [0.2, 0.25) is 0 Å². The summed E-state index contributed by atoms with van der Waals surface area (Å²) in [6.07, 6.45) is -2.84. The fraction of sp³-hybridized carbons (Fsp3) is 0.143. The molecule has 1 aromatic carbocycles. The van der Waals surface area contributed by atoms with E-state index in [4.69, 9.17) is 0 Å². The molecular weight excluding hydrogens is 255 g/mol. The molecule has 0 atom stereocenters. The summed E-state index contributed by atoms with van der Waals surface area (Å²) in [5.41, 5.74) is 0.445. The van der Waals surface area contributed by atoms with Crippen molar-refractivity contribution >= 4 is 6.29 Å². The molecule has 0 aliphatic rings. The van der Waals surface area contributed by atoms with Gasteiger partial charge in [-0.25, -0.2) is 0 Å². The van der Waals surface area contributed by atoms with Crippen LogP contribution in [0.15, 0.2) is 36.5 Å². The van der Waals surface area contributed by atoms with Crippen LogP contribution >= 0.6 is 0 Å². The zero-order valence-electron chi connectivity index (χ0n) is 10.0. The quantitative estimate of drug-likeness (QED) is 0.771. The van der Waals surface area contributed by atoms with Gasteiger partial charge >= 0.3 is 6.18 Å². The smallest absolute Gasteiger partial charge is 0.298 e. The van der Waals surface area contributed by atoms with Gasteiger partial charge in [-0.3, -0.25) is 9.78 Å². The number of carbonyl (C=O) groups excluding carboxylic acids is 1. The summed E-state index contributed by atoms with van der Waals surface area (Å²) in [7, 11) is 0. The normalized spacial score (nSPS) is 11.4. The fourth-order valence-corrected chi connectivity index (χ4v) is 1.72. The molecule has 1 aromatic heterocycles. The van der Waals surface area contributed by atoms with Gasteiger partial charge in [-0.1, -0.05) is 18.2 Å². The predicted octanol–water partition coefficient (Wildman–Crippen LogP) is 3.89. The maximum absolute atomic E-state index is 12.8. The molecule has 19 heavy (non-hydrogen) atoms. The van der Waals surface area contributed by atoms with Crippen molar-refractivity contribution in [1.82, 2.24) is 4.98 Å². The number of carbonyl (C=O) groups is 1. The Balaban J connectivity index is 2.55. The molecule has 2 rings (SSSR count). The van der Waals surface area contributed by atoms with E-state index in [9.17, 15) is 18.0 Å². The van der Waals surface area contributed by atoms with Crippen LogP contribution in [0.5, 0.6) is 0 Å². The average molecular weight is 265 g/mol. The second-order valence-electron chi connectivity index (χ2n) is 4.11. The van der Waals surface area contributed by atoms with Gasteiger partial charge in [0, 0.05) is 23.0 Å². The van der Waals surface area contributed by atoms with Crippen LogP contribution in [0.1, 0.15) is 21.6 Å². The summed E-state index contributed by atoms with van der Waals surface area (Å²) in [4.78, 5) is 14.7. The molecule has 0 aliphatic heterocycles. The molecule has 2 aromatic rings. The highest BCUT2D eigenvalue weighted by molar-refractivity contribution is 5.80. The summed E-state index contributed by atoms with van der Waals surface area (Å²) >= 11 is 0. The van der Waals surface area contributed by atoms with Gasteiger partial charge in [0.2, 0.25) is 0 Å². The first kappa shape index (κ1) is 13.3. The van der Waals surface area contributed by atoms with Gasteiger partial charge in [0.1, 0.15) is 0 Å². The monoisotopic (exact) mass is 265 g/mol. The van der Waals surface area contributed by atoms with Gasteiger partial charge in [-0.05, 0) is 24.6 Å². The number of hydrogen-bond acceptors (Lipinski definition) is 2. The number of alkyl halides is 3. The third-order valence-corrected chi connectivity index (χ3v) is 2.73. The van der Waals surface area contributed by atoms with E-state index in [0.717, 1.165) is 11.8 Å². The maximum atomic E-state index is 12.8. The zero-order chi connectivity index (χ0) is 14.0. The van der Waals surface area contributed by atoms with E-state index in [2.05, 4.69) is 4.98 Å². The van der Waals surface area contributed by atoms with E-state index in [1.165, 1.54) is 18.3 Å². The summed E-state index contributed by atoms with van der Waals surface area (Å²) in [6.45, 7) is 1.79.